The van der Waals surface area contributed by atoms with Gasteiger partial charge in [-0.15, -0.1) is 0 Å². The minimum atomic E-state index is -4.69. The number of hydrogen-bond donors (Lipinski definition) is 1. The Morgan fingerprint density at radius 3 is 2.33 bits per heavy atom. The van der Waals surface area contributed by atoms with Crippen LogP contribution in [0.2, 0.25) is 0 Å². The smallest absolute Gasteiger partial charge is 0.347 e. The van der Waals surface area contributed by atoms with Crippen LogP contribution in [0.25, 0.3) is 0 Å². The number of sulfone groups is 1. The normalized spacial score (nSPS) is 21.3. The van der Waals surface area contributed by atoms with E-state index in [0.29, 0.717) is 31.7 Å². The molecule has 36 heavy (non-hydrogen) atoms. The maximum absolute atomic E-state index is 14.7. The molecule has 1 saturated carbocycles. The molecule has 2 fully saturated rings. The number of likely N-dealkylation sites (tertiary alicyclic amines) is 1. The van der Waals surface area contributed by atoms with E-state index in [1.54, 1.807) is 6.92 Å². The third-order valence-electron chi connectivity index (χ3n) is 6.77. The molecular weight excluding hydrogens is 500 g/mol. The van der Waals surface area contributed by atoms with Gasteiger partial charge in [-0.2, -0.15) is 13.2 Å². The van der Waals surface area contributed by atoms with Gasteiger partial charge in [-0.1, -0.05) is 12.1 Å². The van der Waals surface area contributed by atoms with Gasteiger partial charge in [0.25, 0.3) is 5.91 Å². The van der Waals surface area contributed by atoms with Gasteiger partial charge in [0.15, 0.2) is 9.84 Å². The summed E-state index contributed by atoms with van der Waals surface area (Å²) in [6.07, 6.45) is -1.41. The molecule has 3 atom stereocenters. The SMILES string of the molecule is C[C@H]1CC[C@H](C(=O)NC(c2ccc(C(F)(F)F)cc2F)C2CC2)N1C(=O)c1cccc(S(C)(=O)=O)c1. The Kier molecular flexibility index (Phi) is 6.89. The van der Waals surface area contributed by atoms with Crippen molar-refractivity contribution in [2.45, 2.75) is 61.8 Å². The van der Waals surface area contributed by atoms with Gasteiger partial charge >= 0.3 is 6.18 Å². The molecule has 1 heterocycles. The Morgan fingerprint density at radius 2 is 1.75 bits per heavy atom. The summed E-state index contributed by atoms with van der Waals surface area (Å²) in [6.45, 7) is 1.78. The molecule has 4 rings (SSSR count). The van der Waals surface area contributed by atoms with Gasteiger partial charge < -0.3 is 10.2 Å². The lowest BCUT2D eigenvalue weighted by Gasteiger charge is -2.30. The van der Waals surface area contributed by atoms with Crippen LogP contribution in [0.3, 0.4) is 0 Å². The molecule has 11 heteroatoms. The number of hydrogen-bond acceptors (Lipinski definition) is 4. The second-order valence-electron chi connectivity index (χ2n) is 9.51. The van der Waals surface area contributed by atoms with E-state index in [-0.39, 0.29) is 28.0 Å². The van der Waals surface area contributed by atoms with Crippen molar-refractivity contribution in [2.75, 3.05) is 6.26 Å². The molecule has 1 N–H and O–H groups in total. The summed E-state index contributed by atoms with van der Waals surface area (Å²) in [5, 5.41) is 2.78. The number of amides is 2. The van der Waals surface area contributed by atoms with Crippen LogP contribution in [0, 0.1) is 11.7 Å². The number of alkyl halides is 3. The van der Waals surface area contributed by atoms with Crippen LogP contribution in [0.1, 0.15) is 60.1 Å². The summed E-state index contributed by atoms with van der Waals surface area (Å²) >= 11 is 0. The Balaban J connectivity index is 1.57. The molecule has 2 amide bonds. The Hall–Kier alpha value is -2.95. The van der Waals surface area contributed by atoms with E-state index in [1.165, 1.54) is 29.2 Å². The van der Waals surface area contributed by atoms with Crippen LogP contribution in [-0.4, -0.2) is 43.5 Å². The second kappa shape index (κ2) is 9.49. The Bertz CT molecular complexity index is 1290. The van der Waals surface area contributed by atoms with Crippen molar-refractivity contribution in [3.8, 4) is 0 Å². The van der Waals surface area contributed by atoms with Gasteiger partial charge in [-0.3, -0.25) is 9.59 Å². The van der Waals surface area contributed by atoms with Gasteiger partial charge in [0, 0.05) is 23.4 Å². The lowest BCUT2D eigenvalue weighted by Crippen LogP contribution is -2.49. The third-order valence-corrected chi connectivity index (χ3v) is 7.88. The number of carbonyl (C=O) groups excluding carboxylic acids is 2. The summed E-state index contributed by atoms with van der Waals surface area (Å²) in [4.78, 5) is 28.0. The first kappa shape index (κ1) is 26.1. The molecule has 2 aromatic rings. The monoisotopic (exact) mass is 526 g/mol. The zero-order valence-corrected chi connectivity index (χ0v) is 20.5. The van der Waals surface area contributed by atoms with E-state index in [9.17, 15) is 35.6 Å². The number of rotatable bonds is 6. The molecule has 0 spiro atoms. The van der Waals surface area contributed by atoms with Crippen LogP contribution >= 0.6 is 0 Å². The van der Waals surface area contributed by atoms with E-state index >= 15 is 0 Å². The zero-order chi connectivity index (χ0) is 26.4. The summed E-state index contributed by atoms with van der Waals surface area (Å²) in [6, 6.07) is 5.84. The molecule has 1 saturated heterocycles. The van der Waals surface area contributed by atoms with Gasteiger partial charge in [0.05, 0.1) is 16.5 Å². The molecule has 1 aliphatic heterocycles. The van der Waals surface area contributed by atoms with E-state index in [2.05, 4.69) is 5.32 Å². The molecular formula is C25H26F4N2O4S. The first-order chi connectivity index (χ1) is 16.8. The Morgan fingerprint density at radius 1 is 1.06 bits per heavy atom. The first-order valence-electron chi connectivity index (χ1n) is 11.6. The molecule has 2 aliphatic rings. The minimum absolute atomic E-state index is 0.0206. The fourth-order valence-electron chi connectivity index (χ4n) is 4.68. The van der Waals surface area contributed by atoms with E-state index in [1.807, 2.05) is 0 Å². The van der Waals surface area contributed by atoms with Crippen molar-refractivity contribution in [3.05, 3.63) is 65.0 Å². The van der Waals surface area contributed by atoms with Gasteiger partial charge in [0.2, 0.25) is 5.91 Å². The van der Waals surface area contributed by atoms with Crippen molar-refractivity contribution < 1.29 is 35.6 Å². The maximum atomic E-state index is 14.7. The lowest BCUT2D eigenvalue weighted by molar-refractivity contribution is -0.137. The van der Waals surface area contributed by atoms with Crippen molar-refractivity contribution >= 4 is 21.7 Å². The highest BCUT2D eigenvalue weighted by atomic mass is 32.2. The number of halogens is 4. The van der Waals surface area contributed by atoms with Crippen LogP contribution < -0.4 is 5.32 Å². The largest absolute Gasteiger partial charge is 0.416 e. The highest BCUT2D eigenvalue weighted by Gasteiger charge is 2.42. The molecule has 1 unspecified atom stereocenters. The number of carbonyl (C=O) groups is 2. The average molecular weight is 527 g/mol. The van der Waals surface area contributed by atoms with Gasteiger partial charge in [-0.05, 0) is 68.9 Å². The van der Waals surface area contributed by atoms with Gasteiger partial charge in [-0.25, -0.2) is 12.8 Å². The minimum Gasteiger partial charge on any atom is -0.347 e. The van der Waals surface area contributed by atoms with Crippen LogP contribution in [0.5, 0.6) is 0 Å². The average Bonchev–Trinajstić information content (AvgIpc) is 3.57. The second-order valence-corrected chi connectivity index (χ2v) is 11.5. The predicted octanol–water partition coefficient (Wildman–Crippen LogP) is 4.51. The number of nitrogens with zero attached hydrogens (tertiary/aromatic N) is 1. The lowest BCUT2D eigenvalue weighted by atomic mass is 9.99. The van der Waals surface area contributed by atoms with Crippen molar-refractivity contribution in [3.63, 3.8) is 0 Å². The van der Waals surface area contributed by atoms with Gasteiger partial charge in [0.1, 0.15) is 11.9 Å². The summed E-state index contributed by atoms with van der Waals surface area (Å²) < 4.78 is 77.4. The van der Waals surface area contributed by atoms with Crippen LogP contribution in [0.4, 0.5) is 17.6 Å². The summed E-state index contributed by atoms with van der Waals surface area (Å²) in [5.74, 6) is -2.19. The van der Waals surface area contributed by atoms with Crippen molar-refractivity contribution in [1.29, 1.82) is 0 Å². The standard InChI is InChI=1S/C25H26F4N2O4S/c1-14-6-11-21(31(14)24(33)16-4-3-5-18(12-16)36(2,34)35)23(32)30-22(15-7-8-15)19-10-9-17(13-20(19)26)25(27,28)29/h3-5,9-10,12-15,21-22H,6-8,11H2,1-2H3,(H,30,32)/t14-,21+,22?/m0/s1. The molecule has 0 radical (unpaired) electrons. The fraction of sp³-hybridized carbons (Fsp3) is 0.440. The first-order valence-corrected chi connectivity index (χ1v) is 13.5. The quantitative estimate of drug-likeness (QED) is 0.562. The summed E-state index contributed by atoms with van der Waals surface area (Å²) in [5.41, 5.74) is -1.01. The third kappa shape index (κ3) is 5.40. The highest BCUT2D eigenvalue weighted by molar-refractivity contribution is 7.90. The molecule has 0 bridgehead atoms. The van der Waals surface area contributed by atoms with E-state index in [4.69, 9.17) is 0 Å². The number of benzene rings is 2. The van der Waals surface area contributed by atoms with Crippen LogP contribution in [-0.2, 0) is 20.8 Å². The van der Waals surface area contributed by atoms with E-state index < -0.39 is 51.3 Å². The van der Waals surface area contributed by atoms with E-state index in [0.717, 1.165) is 18.4 Å². The van der Waals surface area contributed by atoms with Crippen LogP contribution in [0.15, 0.2) is 47.4 Å². The molecule has 194 valence electrons. The zero-order valence-electron chi connectivity index (χ0n) is 19.7. The Labute approximate surface area is 206 Å². The summed E-state index contributed by atoms with van der Waals surface area (Å²) in [7, 11) is -3.55. The molecule has 2 aromatic carbocycles. The fourth-order valence-corrected chi connectivity index (χ4v) is 5.34. The molecule has 0 aromatic heterocycles. The topological polar surface area (TPSA) is 83.6 Å². The van der Waals surface area contributed by atoms with Crippen molar-refractivity contribution in [2.24, 2.45) is 5.92 Å². The molecule has 1 aliphatic carbocycles. The predicted molar refractivity (Wildman–Crippen MR) is 123 cm³/mol. The highest BCUT2D eigenvalue weighted by Crippen LogP contribution is 2.43. The molecule has 6 nitrogen and oxygen atoms in total. The number of nitrogens with one attached hydrogen (secondary N) is 1. The maximum Gasteiger partial charge on any atom is 0.416 e. The van der Waals surface area contributed by atoms with Crippen molar-refractivity contribution in [1.82, 2.24) is 10.2 Å².